The maximum absolute atomic E-state index is 15.0. The summed E-state index contributed by atoms with van der Waals surface area (Å²) in [7, 11) is 1.57. The van der Waals surface area contributed by atoms with Crippen LogP contribution in [0.5, 0.6) is 5.75 Å². The molecule has 4 aromatic rings. The van der Waals surface area contributed by atoms with Gasteiger partial charge in [0.15, 0.2) is 5.13 Å². The zero-order chi connectivity index (χ0) is 26.1. The SMILES string of the molecule is COc1ccc2nc(NC(=O)c3cn(-c4ccc(N5C[C@H](CNC(C)=O)OC5=O)cc4F)cn3)sc2c1. The summed E-state index contributed by atoms with van der Waals surface area (Å²) in [4.78, 5) is 45.8. The number of carbonyl (C=O) groups excluding carboxylic acids is 3. The van der Waals surface area contributed by atoms with Crippen molar-refractivity contribution in [3.63, 3.8) is 0 Å². The molecule has 3 amide bonds. The van der Waals surface area contributed by atoms with Gasteiger partial charge in [-0.25, -0.2) is 19.2 Å². The number of amides is 3. The van der Waals surface area contributed by atoms with Crippen molar-refractivity contribution in [2.24, 2.45) is 0 Å². The Labute approximate surface area is 213 Å². The summed E-state index contributed by atoms with van der Waals surface area (Å²) in [5.41, 5.74) is 1.24. The van der Waals surface area contributed by atoms with Gasteiger partial charge in [0, 0.05) is 13.1 Å². The van der Waals surface area contributed by atoms with Crippen LogP contribution in [0, 0.1) is 5.82 Å². The molecule has 0 spiro atoms. The minimum Gasteiger partial charge on any atom is -0.497 e. The lowest BCUT2D eigenvalue weighted by atomic mass is 10.2. The first-order valence-electron chi connectivity index (χ1n) is 11.1. The summed E-state index contributed by atoms with van der Waals surface area (Å²) in [6.45, 7) is 1.71. The maximum Gasteiger partial charge on any atom is 0.414 e. The monoisotopic (exact) mass is 524 g/mol. The van der Waals surface area contributed by atoms with Crippen LogP contribution in [-0.2, 0) is 9.53 Å². The molecule has 0 unspecified atom stereocenters. The highest BCUT2D eigenvalue weighted by molar-refractivity contribution is 7.22. The number of rotatable bonds is 7. The molecule has 13 heteroatoms. The summed E-state index contributed by atoms with van der Waals surface area (Å²) < 4.78 is 27.7. The van der Waals surface area contributed by atoms with Crippen molar-refractivity contribution in [2.75, 3.05) is 30.4 Å². The summed E-state index contributed by atoms with van der Waals surface area (Å²) in [5, 5.41) is 5.70. The topological polar surface area (TPSA) is 128 Å². The number of anilines is 2. The van der Waals surface area contributed by atoms with Gasteiger partial charge in [-0.3, -0.25) is 19.8 Å². The first-order valence-corrected chi connectivity index (χ1v) is 11.9. The molecule has 37 heavy (non-hydrogen) atoms. The molecule has 0 radical (unpaired) electrons. The lowest BCUT2D eigenvalue weighted by Crippen LogP contribution is -2.33. The van der Waals surface area contributed by atoms with Crippen LogP contribution < -0.4 is 20.3 Å². The van der Waals surface area contributed by atoms with Crippen molar-refractivity contribution in [1.29, 1.82) is 0 Å². The number of aromatic nitrogens is 3. The maximum atomic E-state index is 15.0. The average Bonchev–Trinajstić information content (AvgIpc) is 3.60. The van der Waals surface area contributed by atoms with Gasteiger partial charge in [-0.05, 0) is 36.4 Å². The number of carbonyl (C=O) groups is 3. The molecule has 1 aliphatic rings. The second kappa shape index (κ2) is 9.85. The molecule has 1 atom stereocenters. The van der Waals surface area contributed by atoms with Crippen LogP contribution in [-0.4, -0.2) is 58.7 Å². The molecular weight excluding hydrogens is 503 g/mol. The van der Waals surface area contributed by atoms with Gasteiger partial charge in [0.2, 0.25) is 5.91 Å². The number of nitrogens with one attached hydrogen (secondary N) is 2. The van der Waals surface area contributed by atoms with Crippen molar-refractivity contribution in [2.45, 2.75) is 13.0 Å². The van der Waals surface area contributed by atoms with E-state index in [-0.39, 0.29) is 30.4 Å². The molecule has 1 aliphatic heterocycles. The van der Waals surface area contributed by atoms with Gasteiger partial charge in [0.05, 0.1) is 41.8 Å². The van der Waals surface area contributed by atoms with E-state index in [4.69, 9.17) is 9.47 Å². The Morgan fingerprint density at radius 2 is 2.11 bits per heavy atom. The largest absolute Gasteiger partial charge is 0.497 e. The predicted octanol–water partition coefficient (Wildman–Crippen LogP) is 3.34. The van der Waals surface area contributed by atoms with Crippen LogP contribution in [0.2, 0.25) is 0 Å². The van der Waals surface area contributed by atoms with Crippen molar-refractivity contribution in [1.82, 2.24) is 19.9 Å². The number of thiazole rings is 1. The van der Waals surface area contributed by atoms with Gasteiger partial charge in [0.1, 0.15) is 29.7 Å². The highest BCUT2D eigenvalue weighted by Gasteiger charge is 2.32. The Morgan fingerprint density at radius 1 is 1.27 bits per heavy atom. The van der Waals surface area contributed by atoms with E-state index >= 15 is 4.39 Å². The van der Waals surface area contributed by atoms with Crippen molar-refractivity contribution in [3.05, 3.63) is 60.4 Å². The summed E-state index contributed by atoms with van der Waals surface area (Å²) in [6, 6.07) is 9.65. The van der Waals surface area contributed by atoms with Crippen molar-refractivity contribution < 1.29 is 28.2 Å². The van der Waals surface area contributed by atoms with Crippen LogP contribution in [0.1, 0.15) is 17.4 Å². The van der Waals surface area contributed by atoms with E-state index in [2.05, 4.69) is 20.6 Å². The third-order valence-electron chi connectivity index (χ3n) is 5.61. The molecular formula is C24H21FN6O5S. The van der Waals surface area contributed by atoms with Crippen LogP contribution >= 0.6 is 11.3 Å². The van der Waals surface area contributed by atoms with Crippen molar-refractivity contribution in [3.8, 4) is 11.4 Å². The minimum atomic E-state index is -0.627. The number of methoxy groups -OCH3 is 1. The number of hydrogen-bond acceptors (Lipinski definition) is 8. The zero-order valence-corrected chi connectivity index (χ0v) is 20.5. The fourth-order valence-corrected chi connectivity index (χ4v) is 4.68. The summed E-state index contributed by atoms with van der Waals surface area (Å²) in [6.07, 6.45) is 1.56. The molecule has 5 rings (SSSR count). The van der Waals surface area contributed by atoms with Crippen LogP contribution in [0.4, 0.5) is 20.0 Å². The number of ether oxygens (including phenoxy) is 2. The fourth-order valence-electron chi connectivity index (χ4n) is 3.79. The van der Waals surface area contributed by atoms with E-state index in [1.807, 2.05) is 6.07 Å². The van der Waals surface area contributed by atoms with Gasteiger partial charge in [-0.15, -0.1) is 0 Å². The zero-order valence-electron chi connectivity index (χ0n) is 19.7. The Balaban J connectivity index is 1.28. The number of fused-ring (bicyclic) bond motifs is 1. The second-order valence-electron chi connectivity index (χ2n) is 8.16. The second-order valence-corrected chi connectivity index (χ2v) is 9.19. The first-order chi connectivity index (χ1) is 17.8. The highest BCUT2D eigenvalue weighted by Crippen LogP contribution is 2.30. The number of imidazole rings is 1. The Kier molecular flexibility index (Phi) is 6.44. The Bertz CT molecular complexity index is 1520. The number of halogens is 1. The van der Waals surface area contributed by atoms with Crippen LogP contribution in [0.15, 0.2) is 48.9 Å². The van der Waals surface area contributed by atoms with Gasteiger partial charge in [-0.2, -0.15) is 0 Å². The van der Waals surface area contributed by atoms with E-state index in [0.29, 0.717) is 16.6 Å². The van der Waals surface area contributed by atoms with Gasteiger partial charge in [-0.1, -0.05) is 11.3 Å². The van der Waals surface area contributed by atoms with E-state index in [9.17, 15) is 14.4 Å². The van der Waals surface area contributed by atoms with E-state index in [1.165, 1.54) is 52.4 Å². The normalized spacial score (nSPS) is 15.1. The van der Waals surface area contributed by atoms with E-state index in [1.54, 1.807) is 25.3 Å². The number of cyclic esters (lactones) is 1. The minimum absolute atomic E-state index is 0.0734. The molecule has 11 nitrogen and oxygen atoms in total. The van der Waals surface area contributed by atoms with E-state index < -0.39 is 23.9 Å². The smallest absolute Gasteiger partial charge is 0.414 e. The van der Waals surface area contributed by atoms with E-state index in [0.717, 1.165) is 10.2 Å². The van der Waals surface area contributed by atoms with Crippen LogP contribution in [0.3, 0.4) is 0 Å². The van der Waals surface area contributed by atoms with Gasteiger partial charge < -0.3 is 19.4 Å². The first kappa shape index (κ1) is 24.2. The lowest BCUT2D eigenvalue weighted by Gasteiger charge is -2.14. The molecule has 0 aliphatic carbocycles. The third kappa shape index (κ3) is 5.07. The fraction of sp³-hybridized carbons (Fsp3) is 0.208. The number of hydrogen-bond donors (Lipinski definition) is 2. The Hall–Kier alpha value is -4.52. The quantitative estimate of drug-likeness (QED) is 0.380. The molecule has 0 saturated carbocycles. The molecule has 1 fully saturated rings. The molecule has 0 bridgehead atoms. The lowest BCUT2D eigenvalue weighted by molar-refractivity contribution is -0.119. The molecule has 2 aromatic heterocycles. The van der Waals surface area contributed by atoms with Gasteiger partial charge >= 0.3 is 6.09 Å². The predicted molar refractivity (Wildman–Crippen MR) is 134 cm³/mol. The molecule has 2 aromatic carbocycles. The Morgan fingerprint density at radius 3 is 2.86 bits per heavy atom. The molecule has 2 N–H and O–H groups in total. The highest BCUT2D eigenvalue weighted by atomic mass is 32.1. The number of nitrogens with zero attached hydrogens (tertiary/aromatic N) is 4. The average molecular weight is 525 g/mol. The summed E-state index contributed by atoms with van der Waals surface area (Å²) in [5.74, 6) is -0.668. The van der Waals surface area contributed by atoms with Crippen molar-refractivity contribution >= 4 is 50.3 Å². The number of benzene rings is 2. The van der Waals surface area contributed by atoms with Gasteiger partial charge in [0.25, 0.3) is 5.91 Å². The molecule has 1 saturated heterocycles. The standard InChI is InChI=1S/C24H21FN6O5S/c1-13(32)26-9-16-10-31(24(34)36-16)14-3-6-20(17(25)7-14)30-11-19(27-12-30)22(33)29-23-28-18-5-4-15(35-2)8-21(18)37-23/h3-8,11-12,16H,9-10H2,1-2H3,(H,26,32)(H,28,29,33)/t16-/m0/s1. The summed E-state index contributed by atoms with van der Waals surface area (Å²) >= 11 is 1.29. The third-order valence-corrected chi connectivity index (χ3v) is 6.54. The molecule has 3 heterocycles. The molecule has 190 valence electrons. The van der Waals surface area contributed by atoms with Crippen LogP contribution in [0.25, 0.3) is 15.9 Å².